The summed E-state index contributed by atoms with van der Waals surface area (Å²) in [4.78, 5) is 0. The molecule has 0 spiro atoms. The molecule has 3 nitrogen and oxygen atoms in total. The molecule has 12 rings (SSSR count). The molecule has 0 unspecified atom stereocenters. The third-order valence-electron chi connectivity index (χ3n) is 11.9. The van der Waals surface area contributed by atoms with Crippen LogP contribution in [0.15, 0.2) is 212 Å². The van der Waals surface area contributed by atoms with E-state index in [9.17, 15) is 0 Å². The number of para-hydroxylation sites is 1. The number of aromatic nitrogens is 3. The van der Waals surface area contributed by atoms with E-state index in [4.69, 9.17) is 10.2 Å². The molecule has 0 atom stereocenters. The minimum atomic E-state index is 0.833. The van der Waals surface area contributed by atoms with E-state index in [1.54, 1.807) is 0 Å². The summed E-state index contributed by atoms with van der Waals surface area (Å²) < 4.78 is 4.76. The van der Waals surface area contributed by atoms with E-state index in [0.717, 1.165) is 33.5 Å². The lowest BCUT2D eigenvalue weighted by Gasteiger charge is -2.14. The second-order valence-electron chi connectivity index (χ2n) is 15.4. The van der Waals surface area contributed by atoms with Crippen molar-refractivity contribution in [1.29, 1.82) is 0 Å². The molecule has 0 aliphatic rings. The standard InChI is InChI=1S/C56H35N3S/c1-3-15-36(16-4-1)42-19-7-9-21-44(42)40-31-32-53-50(33-40)51-35-41(45-22-10-8-20-43(45)37-17-5-2-6-18-37)34-49(54(51)60-53)38-27-29-39(30-28-38)55-57-58-56-48-25-12-11-23-46(48)47-24-13-14-26-52(47)59(55)56/h1-35H. The highest BCUT2D eigenvalue weighted by atomic mass is 32.1. The van der Waals surface area contributed by atoms with Crippen molar-refractivity contribution in [1.82, 2.24) is 14.6 Å². The minimum absolute atomic E-state index is 0.833. The maximum absolute atomic E-state index is 4.81. The van der Waals surface area contributed by atoms with E-state index in [2.05, 4.69) is 217 Å². The van der Waals surface area contributed by atoms with Gasteiger partial charge in [0.2, 0.25) is 0 Å². The highest BCUT2D eigenvalue weighted by molar-refractivity contribution is 7.26. The van der Waals surface area contributed by atoms with Crippen LogP contribution in [-0.4, -0.2) is 14.6 Å². The predicted molar refractivity (Wildman–Crippen MR) is 254 cm³/mol. The van der Waals surface area contributed by atoms with E-state index < -0.39 is 0 Å². The van der Waals surface area contributed by atoms with Crippen molar-refractivity contribution in [3.8, 4) is 67.0 Å². The van der Waals surface area contributed by atoms with Gasteiger partial charge in [-0.15, -0.1) is 21.5 Å². The number of nitrogens with zero attached hydrogens (tertiary/aromatic N) is 3. The zero-order valence-corrected chi connectivity index (χ0v) is 33.3. The van der Waals surface area contributed by atoms with Gasteiger partial charge in [0.15, 0.2) is 11.5 Å². The van der Waals surface area contributed by atoms with E-state index in [1.807, 2.05) is 11.3 Å². The number of rotatable bonds is 6. The second-order valence-corrected chi connectivity index (χ2v) is 16.4. The lowest BCUT2D eigenvalue weighted by molar-refractivity contribution is 1.12. The lowest BCUT2D eigenvalue weighted by atomic mass is 9.90. The van der Waals surface area contributed by atoms with Crippen molar-refractivity contribution >= 4 is 58.8 Å². The Morgan fingerprint density at radius 2 is 0.817 bits per heavy atom. The van der Waals surface area contributed by atoms with Crippen LogP contribution in [0.1, 0.15) is 0 Å². The minimum Gasteiger partial charge on any atom is -0.274 e. The van der Waals surface area contributed by atoms with Crippen LogP contribution in [0.4, 0.5) is 0 Å². The fourth-order valence-electron chi connectivity index (χ4n) is 9.11. The number of pyridine rings is 1. The molecule has 0 saturated carbocycles. The van der Waals surface area contributed by atoms with Crippen LogP contribution in [0.25, 0.3) is 115 Å². The molecule has 280 valence electrons. The van der Waals surface area contributed by atoms with Gasteiger partial charge in [-0.05, 0) is 85.8 Å². The van der Waals surface area contributed by atoms with Gasteiger partial charge in [0.25, 0.3) is 0 Å². The maximum Gasteiger partial charge on any atom is 0.169 e. The maximum atomic E-state index is 4.81. The van der Waals surface area contributed by atoms with E-state index in [0.29, 0.717) is 0 Å². The largest absolute Gasteiger partial charge is 0.274 e. The fraction of sp³-hybridized carbons (Fsp3) is 0. The summed E-state index contributed by atoms with van der Waals surface area (Å²) in [5, 5.41) is 15.6. The molecule has 4 heteroatoms. The molecule has 3 heterocycles. The Kier molecular flexibility index (Phi) is 8.03. The van der Waals surface area contributed by atoms with Crippen LogP contribution in [0.2, 0.25) is 0 Å². The van der Waals surface area contributed by atoms with Gasteiger partial charge in [0.1, 0.15) is 0 Å². The Bertz CT molecular complexity index is 3580. The van der Waals surface area contributed by atoms with E-state index in [1.165, 1.54) is 81.0 Å². The Balaban J connectivity index is 1.06. The second kappa shape index (κ2) is 14.0. The number of benzene rings is 9. The first-order valence-electron chi connectivity index (χ1n) is 20.3. The summed E-state index contributed by atoms with van der Waals surface area (Å²) in [6.45, 7) is 0. The molecule has 3 aromatic heterocycles. The number of hydrogen-bond acceptors (Lipinski definition) is 3. The Hall–Kier alpha value is -7.66. The van der Waals surface area contributed by atoms with Gasteiger partial charge in [-0.25, -0.2) is 0 Å². The molecule has 0 aliphatic carbocycles. The van der Waals surface area contributed by atoms with Crippen molar-refractivity contribution < 1.29 is 0 Å². The summed E-state index contributed by atoms with van der Waals surface area (Å²) in [5.41, 5.74) is 15.1. The molecule has 0 N–H and O–H groups in total. The zero-order valence-electron chi connectivity index (χ0n) is 32.5. The molecular weight excluding hydrogens is 747 g/mol. The van der Waals surface area contributed by atoms with Gasteiger partial charge in [-0.1, -0.05) is 182 Å². The third-order valence-corrected chi connectivity index (χ3v) is 13.2. The van der Waals surface area contributed by atoms with Crippen LogP contribution >= 0.6 is 11.3 Å². The highest BCUT2D eigenvalue weighted by Crippen LogP contribution is 2.46. The van der Waals surface area contributed by atoms with Crippen LogP contribution in [-0.2, 0) is 0 Å². The van der Waals surface area contributed by atoms with Crippen molar-refractivity contribution in [2.75, 3.05) is 0 Å². The molecule has 0 fully saturated rings. The van der Waals surface area contributed by atoms with Gasteiger partial charge in [0, 0.05) is 42.1 Å². The monoisotopic (exact) mass is 781 g/mol. The van der Waals surface area contributed by atoms with E-state index in [-0.39, 0.29) is 0 Å². The van der Waals surface area contributed by atoms with Gasteiger partial charge in [-0.3, -0.25) is 4.40 Å². The summed E-state index contributed by atoms with van der Waals surface area (Å²) in [7, 11) is 0. The fourth-order valence-corrected chi connectivity index (χ4v) is 10.3. The summed E-state index contributed by atoms with van der Waals surface area (Å²) in [5.74, 6) is 0.833. The predicted octanol–water partition coefficient (Wildman–Crippen LogP) is 15.4. The number of thiophene rings is 1. The van der Waals surface area contributed by atoms with Crippen molar-refractivity contribution in [2.24, 2.45) is 0 Å². The van der Waals surface area contributed by atoms with Crippen molar-refractivity contribution in [2.45, 2.75) is 0 Å². The average molecular weight is 782 g/mol. The van der Waals surface area contributed by atoms with Crippen molar-refractivity contribution in [3.05, 3.63) is 212 Å². The van der Waals surface area contributed by atoms with Gasteiger partial charge < -0.3 is 0 Å². The summed E-state index contributed by atoms with van der Waals surface area (Å²) >= 11 is 1.87. The van der Waals surface area contributed by atoms with Crippen LogP contribution in [0, 0.1) is 0 Å². The topological polar surface area (TPSA) is 30.2 Å². The van der Waals surface area contributed by atoms with Crippen LogP contribution in [0.5, 0.6) is 0 Å². The molecule has 0 radical (unpaired) electrons. The van der Waals surface area contributed by atoms with E-state index >= 15 is 0 Å². The first-order valence-corrected chi connectivity index (χ1v) is 21.1. The van der Waals surface area contributed by atoms with Gasteiger partial charge in [0.05, 0.1) is 5.52 Å². The van der Waals surface area contributed by atoms with Crippen molar-refractivity contribution in [3.63, 3.8) is 0 Å². The molecule has 9 aromatic carbocycles. The van der Waals surface area contributed by atoms with Crippen LogP contribution in [0.3, 0.4) is 0 Å². The first kappa shape index (κ1) is 34.4. The Morgan fingerprint density at radius 1 is 0.317 bits per heavy atom. The zero-order chi connectivity index (χ0) is 39.6. The average Bonchev–Trinajstić information content (AvgIpc) is 3.95. The Labute approximate surface area is 351 Å². The first-order chi connectivity index (χ1) is 29.8. The highest BCUT2D eigenvalue weighted by Gasteiger charge is 2.19. The molecule has 0 amide bonds. The SMILES string of the molecule is c1ccc(-c2ccccc2-c2ccc3sc4c(-c5ccc(-c6nnc7c8ccccc8c8ccccc8n67)cc5)cc(-c5ccccc5-c5ccccc5)cc4c3c2)cc1. The molecule has 0 aliphatic heterocycles. The number of fused-ring (bicyclic) bond motifs is 9. The normalized spacial score (nSPS) is 11.7. The molecule has 0 saturated heterocycles. The van der Waals surface area contributed by atoms with Crippen LogP contribution < -0.4 is 0 Å². The summed E-state index contributed by atoms with van der Waals surface area (Å²) in [6.07, 6.45) is 0. The van der Waals surface area contributed by atoms with Gasteiger partial charge >= 0.3 is 0 Å². The molecule has 0 bridgehead atoms. The lowest BCUT2D eigenvalue weighted by Crippen LogP contribution is -1.94. The molecular formula is C56H35N3S. The summed E-state index contributed by atoms with van der Waals surface area (Å²) in [6, 6.07) is 76.7. The van der Waals surface area contributed by atoms with Gasteiger partial charge in [-0.2, -0.15) is 0 Å². The number of hydrogen-bond donors (Lipinski definition) is 0. The Morgan fingerprint density at radius 3 is 1.50 bits per heavy atom. The molecule has 12 aromatic rings. The molecule has 60 heavy (non-hydrogen) atoms. The smallest absolute Gasteiger partial charge is 0.169 e. The quantitative estimate of drug-likeness (QED) is 0.157. The third kappa shape index (κ3) is 5.57.